The third-order valence-corrected chi connectivity index (χ3v) is 3.74. The monoisotopic (exact) mass is 274 g/mol. The van der Waals surface area contributed by atoms with E-state index < -0.39 is 0 Å². The van der Waals surface area contributed by atoms with Gasteiger partial charge >= 0.3 is 5.63 Å². The molecule has 0 radical (unpaired) electrons. The summed E-state index contributed by atoms with van der Waals surface area (Å²) < 4.78 is 6.08. The molecular weight excluding hydrogens is 264 g/mol. The largest absolute Gasteiger partial charge is 0.423 e. The lowest BCUT2D eigenvalue weighted by Crippen LogP contribution is -2.04. The highest BCUT2D eigenvalue weighted by atomic mass is 32.1. The Morgan fingerprint density at radius 2 is 2.21 bits per heavy atom. The average Bonchev–Trinajstić information content (AvgIpc) is 2.72. The minimum atomic E-state index is -0.377. The zero-order valence-electron chi connectivity index (χ0n) is 10.3. The van der Waals surface area contributed by atoms with Crippen molar-refractivity contribution in [2.24, 2.45) is 0 Å². The van der Waals surface area contributed by atoms with Crippen LogP contribution in [0.3, 0.4) is 0 Å². The number of anilines is 1. The van der Waals surface area contributed by atoms with Gasteiger partial charge in [-0.05, 0) is 24.6 Å². The predicted molar refractivity (Wildman–Crippen MR) is 74.7 cm³/mol. The molecule has 1 amide bonds. The first-order valence-corrected chi connectivity index (χ1v) is 6.48. The van der Waals surface area contributed by atoms with Gasteiger partial charge in [-0.2, -0.15) is 0 Å². The van der Waals surface area contributed by atoms with Crippen LogP contribution >= 0.6 is 11.3 Å². The Morgan fingerprint density at radius 1 is 1.42 bits per heavy atom. The topological polar surface area (TPSA) is 72.2 Å². The van der Waals surface area contributed by atoms with Gasteiger partial charge in [0.1, 0.15) is 5.58 Å². The van der Waals surface area contributed by atoms with Gasteiger partial charge < -0.3 is 9.73 Å². The second-order valence-corrected chi connectivity index (χ2v) is 5.24. The lowest BCUT2D eigenvalue weighted by molar-refractivity contribution is -0.114. The second kappa shape index (κ2) is 4.17. The van der Waals surface area contributed by atoms with E-state index in [0.29, 0.717) is 10.7 Å². The lowest BCUT2D eigenvalue weighted by atomic mass is 10.1. The average molecular weight is 274 g/mol. The zero-order chi connectivity index (χ0) is 13.6. The van der Waals surface area contributed by atoms with Crippen LogP contribution < -0.4 is 10.9 Å². The summed E-state index contributed by atoms with van der Waals surface area (Å²) in [6, 6.07) is 4.89. The van der Waals surface area contributed by atoms with E-state index in [-0.39, 0.29) is 11.5 Å². The lowest BCUT2D eigenvalue weighted by Gasteiger charge is -1.99. The maximum absolute atomic E-state index is 11.2. The summed E-state index contributed by atoms with van der Waals surface area (Å²) in [6.45, 7) is 3.34. The first-order chi connectivity index (χ1) is 9.04. The zero-order valence-corrected chi connectivity index (χ0v) is 11.1. The summed E-state index contributed by atoms with van der Waals surface area (Å²) in [7, 11) is 0. The number of hydrogen-bond acceptors (Lipinski definition) is 5. The van der Waals surface area contributed by atoms with Gasteiger partial charge in [0.2, 0.25) is 5.91 Å². The molecule has 0 aliphatic carbocycles. The Kier molecular flexibility index (Phi) is 2.60. The smallest absolute Gasteiger partial charge is 0.336 e. The van der Waals surface area contributed by atoms with Crippen molar-refractivity contribution in [3.63, 3.8) is 0 Å². The molecule has 2 aromatic heterocycles. The number of amides is 1. The summed E-state index contributed by atoms with van der Waals surface area (Å²) in [5.41, 5.74) is 1.88. The summed E-state index contributed by atoms with van der Waals surface area (Å²) in [5, 5.41) is 4.05. The van der Waals surface area contributed by atoms with Crippen LogP contribution in [0.5, 0.6) is 0 Å². The molecule has 0 bridgehead atoms. The molecule has 2 heterocycles. The molecule has 0 fully saturated rings. The highest BCUT2D eigenvalue weighted by Gasteiger charge is 2.12. The van der Waals surface area contributed by atoms with Gasteiger partial charge in [0.25, 0.3) is 0 Å². The third kappa shape index (κ3) is 2.00. The molecular formula is C13H10N2O3S. The van der Waals surface area contributed by atoms with Crippen molar-refractivity contribution in [2.75, 3.05) is 5.32 Å². The fraction of sp³-hybridized carbons (Fsp3) is 0.154. The van der Waals surface area contributed by atoms with Gasteiger partial charge in [-0.25, -0.2) is 9.78 Å². The predicted octanol–water partition coefficient (Wildman–Crippen LogP) is 2.67. The van der Waals surface area contributed by atoms with Gasteiger partial charge in [-0.1, -0.05) is 11.3 Å². The Labute approximate surface area is 111 Å². The SMILES string of the molecule is CC(=O)Nc1nc2c(C)cc3oc(=O)ccc3c2s1. The molecule has 0 unspecified atom stereocenters. The van der Waals surface area contributed by atoms with Gasteiger partial charge in [0.15, 0.2) is 5.13 Å². The van der Waals surface area contributed by atoms with E-state index in [1.807, 2.05) is 6.92 Å². The van der Waals surface area contributed by atoms with E-state index in [2.05, 4.69) is 10.3 Å². The Bertz CT molecular complexity index is 863. The van der Waals surface area contributed by atoms with Crippen LogP contribution in [0.1, 0.15) is 12.5 Å². The van der Waals surface area contributed by atoms with E-state index in [1.54, 1.807) is 12.1 Å². The van der Waals surface area contributed by atoms with E-state index in [4.69, 9.17) is 4.42 Å². The van der Waals surface area contributed by atoms with Crippen molar-refractivity contribution in [3.8, 4) is 0 Å². The van der Waals surface area contributed by atoms with Crippen molar-refractivity contribution < 1.29 is 9.21 Å². The second-order valence-electron chi connectivity index (χ2n) is 4.24. The molecule has 0 spiro atoms. The standard InChI is InChI=1S/C13H10N2O3S/c1-6-5-9-8(3-4-10(17)18-9)12-11(6)15-13(19-12)14-7(2)16/h3-5H,1-2H3,(H,14,15,16). The van der Waals surface area contributed by atoms with Crippen molar-refractivity contribution in [1.29, 1.82) is 0 Å². The van der Waals surface area contributed by atoms with Crippen LogP contribution in [0.4, 0.5) is 5.13 Å². The van der Waals surface area contributed by atoms with Crippen LogP contribution in [0.25, 0.3) is 21.2 Å². The first kappa shape index (κ1) is 11.9. The minimum absolute atomic E-state index is 0.160. The highest BCUT2D eigenvalue weighted by molar-refractivity contribution is 7.23. The van der Waals surface area contributed by atoms with Crippen LogP contribution in [0, 0.1) is 6.92 Å². The van der Waals surface area contributed by atoms with Gasteiger partial charge in [-0.15, -0.1) is 0 Å². The van der Waals surface area contributed by atoms with E-state index in [0.717, 1.165) is 21.2 Å². The summed E-state index contributed by atoms with van der Waals surface area (Å²) in [5.74, 6) is -0.160. The van der Waals surface area contributed by atoms with Crippen LogP contribution in [0.2, 0.25) is 0 Å². The minimum Gasteiger partial charge on any atom is -0.423 e. The van der Waals surface area contributed by atoms with Gasteiger partial charge in [0.05, 0.1) is 10.2 Å². The van der Waals surface area contributed by atoms with E-state index in [1.165, 1.54) is 24.3 Å². The number of carbonyl (C=O) groups is 1. The highest BCUT2D eigenvalue weighted by Crippen LogP contribution is 2.34. The normalized spacial score (nSPS) is 11.1. The molecule has 6 heteroatoms. The number of rotatable bonds is 1. The molecule has 96 valence electrons. The molecule has 1 N–H and O–H groups in total. The van der Waals surface area contributed by atoms with Crippen molar-refractivity contribution >= 4 is 43.6 Å². The number of fused-ring (bicyclic) bond motifs is 3. The molecule has 0 saturated carbocycles. The molecule has 0 aliphatic rings. The number of nitrogens with zero attached hydrogens (tertiary/aromatic N) is 1. The van der Waals surface area contributed by atoms with Crippen molar-refractivity contribution in [1.82, 2.24) is 4.98 Å². The number of aromatic nitrogens is 1. The molecule has 0 saturated heterocycles. The number of thiazole rings is 1. The summed E-state index contributed by atoms with van der Waals surface area (Å²) in [4.78, 5) is 26.7. The quantitative estimate of drug-likeness (QED) is 0.692. The molecule has 1 aromatic carbocycles. The van der Waals surface area contributed by atoms with Crippen molar-refractivity contribution in [3.05, 3.63) is 34.2 Å². The number of hydrogen-bond donors (Lipinski definition) is 1. The maximum Gasteiger partial charge on any atom is 0.336 e. The summed E-state index contributed by atoms with van der Waals surface area (Å²) >= 11 is 1.37. The van der Waals surface area contributed by atoms with Crippen LogP contribution in [-0.4, -0.2) is 10.9 Å². The molecule has 0 aliphatic heterocycles. The van der Waals surface area contributed by atoms with E-state index >= 15 is 0 Å². The number of nitrogens with one attached hydrogen (secondary N) is 1. The van der Waals surface area contributed by atoms with Gasteiger partial charge in [0, 0.05) is 18.4 Å². The molecule has 3 rings (SSSR count). The first-order valence-electron chi connectivity index (χ1n) is 5.66. The molecule has 5 nitrogen and oxygen atoms in total. The molecule has 19 heavy (non-hydrogen) atoms. The Hall–Kier alpha value is -2.21. The Balaban J connectivity index is 2.36. The molecule has 3 aromatic rings. The Morgan fingerprint density at radius 3 is 2.95 bits per heavy atom. The third-order valence-electron chi connectivity index (χ3n) is 2.74. The number of aryl methyl sites for hydroxylation is 1. The maximum atomic E-state index is 11.2. The fourth-order valence-corrected chi connectivity index (χ4v) is 3.07. The van der Waals surface area contributed by atoms with Gasteiger partial charge in [-0.3, -0.25) is 4.79 Å². The van der Waals surface area contributed by atoms with E-state index in [9.17, 15) is 9.59 Å². The van der Waals surface area contributed by atoms with Crippen LogP contribution in [-0.2, 0) is 4.79 Å². The fourth-order valence-electron chi connectivity index (χ4n) is 1.96. The number of benzene rings is 1. The number of carbonyl (C=O) groups excluding carboxylic acids is 1. The summed E-state index contributed by atoms with van der Waals surface area (Å²) in [6.07, 6.45) is 0. The van der Waals surface area contributed by atoms with Crippen molar-refractivity contribution in [2.45, 2.75) is 13.8 Å². The molecule has 0 atom stereocenters. The van der Waals surface area contributed by atoms with Crippen LogP contribution in [0.15, 0.2) is 27.4 Å².